The molecule has 0 N–H and O–H groups in total. The van der Waals surface area contributed by atoms with Crippen molar-refractivity contribution in [2.75, 3.05) is 33.2 Å². The lowest BCUT2D eigenvalue weighted by molar-refractivity contribution is 0.119. The molecule has 0 aromatic rings. The fourth-order valence-electron chi connectivity index (χ4n) is 4.78. The average molecular weight is 264 g/mol. The Morgan fingerprint density at radius 2 is 1.58 bits per heavy atom. The second-order valence-corrected chi connectivity index (χ2v) is 8.57. The van der Waals surface area contributed by atoms with Gasteiger partial charge in [0.15, 0.2) is 0 Å². The van der Waals surface area contributed by atoms with Crippen molar-refractivity contribution in [3.63, 3.8) is 0 Å². The van der Waals surface area contributed by atoms with Crippen molar-refractivity contribution in [2.24, 2.45) is 23.2 Å². The Labute approximate surface area is 119 Å². The Hall–Kier alpha value is -0.0800. The van der Waals surface area contributed by atoms with Crippen LogP contribution in [0.1, 0.15) is 46.5 Å². The summed E-state index contributed by atoms with van der Waals surface area (Å²) in [6, 6.07) is 0.859. The van der Waals surface area contributed by atoms with Gasteiger partial charge in [-0.25, -0.2) is 0 Å². The number of piperidine rings is 1. The molecule has 19 heavy (non-hydrogen) atoms. The predicted octanol–water partition coefficient (Wildman–Crippen LogP) is 3.08. The molecule has 2 aliphatic heterocycles. The molecule has 0 amide bonds. The summed E-state index contributed by atoms with van der Waals surface area (Å²) < 4.78 is 0. The van der Waals surface area contributed by atoms with E-state index in [1.807, 2.05) is 0 Å². The molecule has 2 nitrogen and oxygen atoms in total. The van der Waals surface area contributed by atoms with Crippen LogP contribution in [0, 0.1) is 23.2 Å². The van der Waals surface area contributed by atoms with Crippen LogP contribution in [0.5, 0.6) is 0 Å². The van der Waals surface area contributed by atoms with Gasteiger partial charge in [-0.2, -0.15) is 0 Å². The lowest BCUT2D eigenvalue weighted by Gasteiger charge is -2.37. The third kappa shape index (κ3) is 2.85. The highest BCUT2D eigenvalue weighted by atomic mass is 15.2. The molecule has 3 aliphatic rings. The molecule has 3 fully saturated rings. The second-order valence-electron chi connectivity index (χ2n) is 8.57. The first kappa shape index (κ1) is 13.9. The van der Waals surface area contributed by atoms with E-state index in [-0.39, 0.29) is 0 Å². The van der Waals surface area contributed by atoms with Crippen molar-refractivity contribution in [2.45, 2.75) is 52.5 Å². The van der Waals surface area contributed by atoms with Gasteiger partial charge in [0.1, 0.15) is 0 Å². The van der Waals surface area contributed by atoms with Gasteiger partial charge in [-0.15, -0.1) is 0 Å². The standard InChI is InChI=1S/C17H32N2/c1-17(2,3)15-8-13-10-19(11-14(13)9-15)16-6-5-7-18(4)12-16/h13-16H,5-12H2,1-4H3. The molecule has 3 unspecified atom stereocenters. The first-order chi connectivity index (χ1) is 8.93. The predicted molar refractivity (Wildman–Crippen MR) is 81.3 cm³/mol. The molecule has 0 bridgehead atoms. The maximum absolute atomic E-state index is 2.84. The molecule has 1 saturated carbocycles. The lowest BCUT2D eigenvalue weighted by Crippen LogP contribution is -2.46. The largest absolute Gasteiger partial charge is 0.305 e. The number of hydrogen-bond donors (Lipinski definition) is 0. The lowest BCUT2D eigenvalue weighted by atomic mass is 9.79. The summed E-state index contributed by atoms with van der Waals surface area (Å²) in [5.41, 5.74) is 0.528. The van der Waals surface area contributed by atoms with Crippen LogP contribution in [0.3, 0.4) is 0 Å². The highest BCUT2D eigenvalue weighted by Gasteiger charge is 2.45. The van der Waals surface area contributed by atoms with E-state index in [9.17, 15) is 0 Å². The molecule has 110 valence electrons. The SMILES string of the molecule is CN1CCCC(N2CC3CC(C(C)(C)C)CC3C2)C1. The Morgan fingerprint density at radius 3 is 2.11 bits per heavy atom. The number of likely N-dealkylation sites (tertiary alicyclic amines) is 2. The molecule has 1 aliphatic carbocycles. The Bertz CT molecular complexity index is 306. The van der Waals surface area contributed by atoms with Gasteiger partial charge in [0.05, 0.1) is 0 Å². The normalized spacial score (nSPS) is 41.7. The van der Waals surface area contributed by atoms with Crippen molar-refractivity contribution in [1.82, 2.24) is 9.80 Å². The maximum Gasteiger partial charge on any atom is 0.0223 e. The number of fused-ring (bicyclic) bond motifs is 1. The Morgan fingerprint density at radius 1 is 0.947 bits per heavy atom. The monoisotopic (exact) mass is 264 g/mol. The first-order valence-electron chi connectivity index (χ1n) is 8.36. The van der Waals surface area contributed by atoms with Crippen molar-refractivity contribution in [3.05, 3.63) is 0 Å². The molecule has 0 spiro atoms. The van der Waals surface area contributed by atoms with E-state index < -0.39 is 0 Å². The zero-order chi connectivity index (χ0) is 13.6. The third-order valence-electron chi connectivity index (χ3n) is 6.12. The van der Waals surface area contributed by atoms with E-state index >= 15 is 0 Å². The smallest absolute Gasteiger partial charge is 0.0223 e. The van der Waals surface area contributed by atoms with E-state index in [1.165, 1.54) is 51.9 Å². The highest BCUT2D eigenvalue weighted by Crippen LogP contribution is 2.48. The van der Waals surface area contributed by atoms with Crippen molar-refractivity contribution >= 4 is 0 Å². The van der Waals surface area contributed by atoms with Gasteiger partial charge in [-0.3, -0.25) is 4.90 Å². The Balaban J connectivity index is 1.56. The van der Waals surface area contributed by atoms with E-state index in [4.69, 9.17) is 0 Å². The molecule has 0 radical (unpaired) electrons. The second kappa shape index (κ2) is 5.04. The molecule has 0 aromatic heterocycles. The van der Waals surface area contributed by atoms with Gasteiger partial charge in [-0.05, 0) is 62.4 Å². The van der Waals surface area contributed by atoms with Crippen molar-refractivity contribution in [3.8, 4) is 0 Å². The number of rotatable bonds is 1. The van der Waals surface area contributed by atoms with E-state index in [2.05, 4.69) is 37.6 Å². The fourth-order valence-corrected chi connectivity index (χ4v) is 4.78. The zero-order valence-electron chi connectivity index (χ0n) is 13.4. The molecule has 2 heteroatoms. The minimum Gasteiger partial charge on any atom is -0.305 e. The van der Waals surface area contributed by atoms with Crippen LogP contribution in [0.25, 0.3) is 0 Å². The zero-order valence-corrected chi connectivity index (χ0v) is 13.4. The molecular weight excluding hydrogens is 232 g/mol. The highest BCUT2D eigenvalue weighted by molar-refractivity contribution is 4.97. The average Bonchev–Trinajstić information content (AvgIpc) is 2.85. The van der Waals surface area contributed by atoms with Crippen LogP contribution in [0.2, 0.25) is 0 Å². The van der Waals surface area contributed by atoms with Crippen molar-refractivity contribution in [1.29, 1.82) is 0 Å². The van der Waals surface area contributed by atoms with Gasteiger partial charge in [-0.1, -0.05) is 20.8 Å². The number of hydrogen-bond acceptors (Lipinski definition) is 2. The topological polar surface area (TPSA) is 6.48 Å². The summed E-state index contributed by atoms with van der Waals surface area (Å²) >= 11 is 0. The van der Waals surface area contributed by atoms with Gasteiger partial charge >= 0.3 is 0 Å². The summed E-state index contributed by atoms with van der Waals surface area (Å²) in [5, 5.41) is 0. The van der Waals surface area contributed by atoms with Crippen molar-refractivity contribution < 1.29 is 0 Å². The Kier molecular flexibility index (Phi) is 3.68. The molecular formula is C17H32N2. The molecule has 3 atom stereocenters. The summed E-state index contributed by atoms with van der Waals surface area (Å²) in [7, 11) is 2.29. The van der Waals surface area contributed by atoms with E-state index in [1.54, 1.807) is 0 Å². The van der Waals surface area contributed by atoms with Gasteiger partial charge in [0.2, 0.25) is 0 Å². The van der Waals surface area contributed by atoms with Gasteiger partial charge < -0.3 is 4.90 Å². The van der Waals surface area contributed by atoms with Crippen LogP contribution >= 0.6 is 0 Å². The van der Waals surface area contributed by atoms with Crippen LogP contribution in [0.15, 0.2) is 0 Å². The molecule has 2 saturated heterocycles. The first-order valence-corrected chi connectivity index (χ1v) is 8.36. The molecule has 2 heterocycles. The maximum atomic E-state index is 2.84. The quantitative estimate of drug-likeness (QED) is 0.718. The minimum atomic E-state index is 0.528. The van der Waals surface area contributed by atoms with Crippen LogP contribution in [-0.4, -0.2) is 49.1 Å². The minimum absolute atomic E-state index is 0.528. The van der Waals surface area contributed by atoms with Crippen LogP contribution < -0.4 is 0 Å². The third-order valence-corrected chi connectivity index (χ3v) is 6.12. The summed E-state index contributed by atoms with van der Waals surface area (Å²) in [4.78, 5) is 5.37. The number of likely N-dealkylation sites (N-methyl/N-ethyl adjacent to an activating group) is 1. The molecule has 0 aromatic carbocycles. The summed E-state index contributed by atoms with van der Waals surface area (Å²) in [5.74, 6) is 2.99. The van der Waals surface area contributed by atoms with E-state index in [0.717, 1.165) is 23.8 Å². The van der Waals surface area contributed by atoms with Gasteiger partial charge in [0, 0.05) is 25.7 Å². The van der Waals surface area contributed by atoms with Crippen LogP contribution in [-0.2, 0) is 0 Å². The van der Waals surface area contributed by atoms with E-state index in [0.29, 0.717) is 5.41 Å². The summed E-state index contributed by atoms with van der Waals surface area (Å²) in [6.45, 7) is 12.7. The fraction of sp³-hybridized carbons (Fsp3) is 1.00. The number of nitrogens with zero attached hydrogens (tertiary/aromatic N) is 2. The summed E-state index contributed by atoms with van der Waals surface area (Å²) in [6.07, 6.45) is 5.82. The van der Waals surface area contributed by atoms with Crippen LogP contribution in [0.4, 0.5) is 0 Å². The molecule has 3 rings (SSSR count). The van der Waals surface area contributed by atoms with Gasteiger partial charge in [0.25, 0.3) is 0 Å².